The number of nitrogens with two attached hydrogens (primary N) is 1. The highest BCUT2D eigenvalue weighted by atomic mass is 79.9. The van der Waals surface area contributed by atoms with Crippen molar-refractivity contribution in [1.82, 2.24) is 0 Å². The van der Waals surface area contributed by atoms with E-state index in [2.05, 4.69) is 65.3 Å². The highest BCUT2D eigenvalue weighted by Crippen LogP contribution is 2.33. The molecule has 2 rings (SSSR count). The number of aryl methyl sites for hydroxylation is 1. The van der Waals surface area contributed by atoms with E-state index in [1.165, 1.54) is 15.4 Å². The second-order valence-electron chi connectivity index (χ2n) is 4.34. The van der Waals surface area contributed by atoms with Crippen LogP contribution in [-0.2, 0) is 0 Å². The summed E-state index contributed by atoms with van der Waals surface area (Å²) in [6, 6.07) is 14.8. The minimum atomic E-state index is 0.0527. The van der Waals surface area contributed by atoms with Gasteiger partial charge in [-0.3, -0.25) is 0 Å². The largest absolute Gasteiger partial charge is 0.324 e. The lowest BCUT2D eigenvalue weighted by Crippen LogP contribution is -2.05. The first-order chi connectivity index (χ1) is 8.58. The zero-order chi connectivity index (χ0) is 13.1. The van der Waals surface area contributed by atoms with E-state index in [0.29, 0.717) is 0 Å². The van der Waals surface area contributed by atoms with Gasteiger partial charge in [0.15, 0.2) is 0 Å². The topological polar surface area (TPSA) is 26.0 Å². The smallest absolute Gasteiger partial charge is 0.0277 e. The molecule has 0 heterocycles. The molecule has 2 aromatic carbocycles. The van der Waals surface area contributed by atoms with Gasteiger partial charge in [0.05, 0.1) is 0 Å². The fourth-order valence-electron chi connectivity index (χ4n) is 1.74. The maximum Gasteiger partial charge on any atom is 0.0277 e. The molecule has 0 radical (unpaired) electrons. The van der Waals surface area contributed by atoms with Crippen LogP contribution < -0.4 is 5.73 Å². The maximum atomic E-state index is 5.90. The molecule has 0 spiro atoms. The van der Waals surface area contributed by atoms with Crippen molar-refractivity contribution in [3.05, 3.63) is 58.1 Å². The molecule has 0 saturated heterocycles. The van der Waals surface area contributed by atoms with E-state index in [1.54, 1.807) is 11.8 Å². The predicted octanol–water partition coefficient (Wildman–Crippen LogP) is 4.93. The van der Waals surface area contributed by atoms with Crippen molar-refractivity contribution >= 4 is 27.7 Å². The lowest BCUT2D eigenvalue weighted by molar-refractivity contribution is 0.811. The third kappa shape index (κ3) is 3.16. The highest BCUT2D eigenvalue weighted by Gasteiger charge is 2.07. The SMILES string of the molecule is Cc1ccccc1Sc1ccc([C@H](C)N)c(Br)c1. The number of halogens is 1. The van der Waals surface area contributed by atoms with Crippen LogP contribution in [0.15, 0.2) is 56.7 Å². The van der Waals surface area contributed by atoms with Crippen LogP contribution in [-0.4, -0.2) is 0 Å². The second kappa shape index (κ2) is 5.91. The number of hydrogen-bond donors (Lipinski definition) is 1. The minimum Gasteiger partial charge on any atom is -0.324 e. The Hall–Kier alpha value is -0.770. The number of benzene rings is 2. The van der Waals surface area contributed by atoms with Crippen molar-refractivity contribution < 1.29 is 0 Å². The first kappa shape index (κ1) is 13.7. The molecular weight excluding hydrogens is 306 g/mol. The van der Waals surface area contributed by atoms with Crippen LogP contribution in [0.25, 0.3) is 0 Å². The summed E-state index contributed by atoms with van der Waals surface area (Å²) < 4.78 is 1.08. The van der Waals surface area contributed by atoms with E-state index in [-0.39, 0.29) is 6.04 Å². The van der Waals surface area contributed by atoms with E-state index in [9.17, 15) is 0 Å². The van der Waals surface area contributed by atoms with Gasteiger partial charge in [-0.2, -0.15) is 0 Å². The van der Waals surface area contributed by atoms with Gasteiger partial charge in [-0.1, -0.05) is 52.0 Å². The van der Waals surface area contributed by atoms with Crippen LogP contribution in [0.2, 0.25) is 0 Å². The average Bonchev–Trinajstić information content (AvgIpc) is 2.32. The van der Waals surface area contributed by atoms with Crippen LogP contribution in [0.3, 0.4) is 0 Å². The normalized spacial score (nSPS) is 12.4. The Labute approximate surface area is 121 Å². The van der Waals surface area contributed by atoms with E-state index in [1.807, 2.05) is 6.92 Å². The van der Waals surface area contributed by atoms with Crippen molar-refractivity contribution in [2.75, 3.05) is 0 Å². The Balaban J connectivity index is 2.26. The zero-order valence-electron chi connectivity index (χ0n) is 10.5. The van der Waals surface area contributed by atoms with Crippen molar-refractivity contribution in [3.63, 3.8) is 0 Å². The summed E-state index contributed by atoms with van der Waals surface area (Å²) in [5.41, 5.74) is 8.35. The molecule has 0 saturated carbocycles. The fourth-order valence-corrected chi connectivity index (χ4v) is 3.57. The molecular formula is C15H16BrNS. The number of hydrogen-bond acceptors (Lipinski definition) is 2. The molecule has 94 valence electrons. The fraction of sp³-hybridized carbons (Fsp3) is 0.200. The molecule has 0 amide bonds. The van der Waals surface area contributed by atoms with Crippen molar-refractivity contribution in [2.45, 2.75) is 29.7 Å². The first-order valence-electron chi connectivity index (χ1n) is 5.86. The van der Waals surface area contributed by atoms with E-state index in [0.717, 1.165) is 10.0 Å². The Morgan fingerprint density at radius 2 is 1.89 bits per heavy atom. The molecule has 0 unspecified atom stereocenters. The molecule has 0 aromatic heterocycles. The van der Waals surface area contributed by atoms with Gasteiger partial charge in [0, 0.05) is 20.3 Å². The summed E-state index contributed by atoms with van der Waals surface area (Å²) in [5.74, 6) is 0. The van der Waals surface area contributed by atoms with Crippen molar-refractivity contribution in [3.8, 4) is 0 Å². The Bertz CT molecular complexity index is 552. The summed E-state index contributed by atoms with van der Waals surface area (Å²) in [6.07, 6.45) is 0. The standard InChI is InChI=1S/C15H16BrNS/c1-10-5-3-4-6-15(10)18-12-7-8-13(11(2)17)14(16)9-12/h3-9,11H,17H2,1-2H3/t11-/m0/s1. The molecule has 0 fully saturated rings. The monoisotopic (exact) mass is 321 g/mol. The second-order valence-corrected chi connectivity index (χ2v) is 6.31. The van der Waals surface area contributed by atoms with Gasteiger partial charge in [-0.05, 0) is 43.2 Å². The van der Waals surface area contributed by atoms with Crippen LogP contribution in [0.4, 0.5) is 0 Å². The third-order valence-electron chi connectivity index (χ3n) is 2.78. The minimum absolute atomic E-state index is 0.0527. The summed E-state index contributed by atoms with van der Waals surface area (Å²) >= 11 is 5.36. The van der Waals surface area contributed by atoms with Gasteiger partial charge in [0.2, 0.25) is 0 Å². The zero-order valence-corrected chi connectivity index (χ0v) is 12.9. The summed E-state index contributed by atoms with van der Waals surface area (Å²) in [4.78, 5) is 2.51. The first-order valence-corrected chi connectivity index (χ1v) is 7.47. The summed E-state index contributed by atoms with van der Waals surface area (Å²) in [5, 5.41) is 0. The quantitative estimate of drug-likeness (QED) is 0.867. The molecule has 2 aromatic rings. The molecule has 2 N–H and O–H groups in total. The molecule has 1 atom stereocenters. The van der Waals surface area contributed by atoms with E-state index in [4.69, 9.17) is 5.73 Å². The van der Waals surface area contributed by atoms with Gasteiger partial charge >= 0.3 is 0 Å². The predicted molar refractivity (Wildman–Crippen MR) is 82.0 cm³/mol. The van der Waals surface area contributed by atoms with Gasteiger partial charge < -0.3 is 5.73 Å². The van der Waals surface area contributed by atoms with Gasteiger partial charge in [-0.25, -0.2) is 0 Å². The molecule has 3 heteroatoms. The molecule has 1 nitrogen and oxygen atoms in total. The van der Waals surface area contributed by atoms with Crippen molar-refractivity contribution in [1.29, 1.82) is 0 Å². The Morgan fingerprint density at radius 1 is 1.17 bits per heavy atom. The molecule has 0 aliphatic carbocycles. The van der Waals surface area contributed by atoms with Gasteiger partial charge in [0.25, 0.3) is 0 Å². The van der Waals surface area contributed by atoms with Crippen LogP contribution in [0.5, 0.6) is 0 Å². The summed E-state index contributed by atoms with van der Waals surface area (Å²) in [6.45, 7) is 4.13. The van der Waals surface area contributed by atoms with E-state index < -0.39 is 0 Å². The van der Waals surface area contributed by atoms with Crippen LogP contribution >= 0.6 is 27.7 Å². The van der Waals surface area contributed by atoms with Gasteiger partial charge in [0.1, 0.15) is 0 Å². The molecule has 18 heavy (non-hydrogen) atoms. The van der Waals surface area contributed by atoms with Crippen LogP contribution in [0, 0.1) is 6.92 Å². The molecule has 0 bridgehead atoms. The molecule has 0 aliphatic heterocycles. The van der Waals surface area contributed by atoms with E-state index >= 15 is 0 Å². The lowest BCUT2D eigenvalue weighted by atomic mass is 10.1. The average molecular weight is 322 g/mol. The Morgan fingerprint density at radius 3 is 2.50 bits per heavy atom. The maximum absolute atomic E-state index is 5.90. The lowest BCUT2D eigenvalue weighted by Gasteiger charge is -2.11. The highest BCUT2D eigenvalue weighted by molar-refractivity contribution is 9.10. The molecule has 0 aliphatic rings. The van der Waals surface area contributed by atoms with Gasteiger partial charge in [-0.15, -0.1) is 0 Å². The number of rotatable bonds is 3. The summed E-state index contributed by atoms with van der Waals surface area (Å²) in [7, 11) is 0. The van der Waals surface area contributed by atoms with Crippen LogP contribution in [0.1, 0.15) is 24.1 Å². The van der Waals surface area contributed by atoms with Crippen molar-refractivity contribution in [2.24, 2.45) is 5.73 Å². The third-order valence-corrected chi connectivity index (χ3v) is 4.64. The Kier molecular flexibility index (Phi) is 4.49.